The smallest absolute Gasteiger partial charge is 0.328 e. The lowest BCUT2D eigenvalue weighted by Gasteiger charge is -2.30. The molecule has 1 aliphatic rings. The van der Waals surface area contributed by atoms with E-state index in [1.54, 1.807) is 20.1 Å². The van der Waals surface area contributed by atoms with Gasteiger partial charge in [0.05, 0.1) is 0 Å². The summed E-state index contributed by atoms with van der Waals surface area (Å²) < 4.78 is 5.55. The van der Waals surface area contributed by atoms with Gasteiger partial charge in [0.15, 0.2) is 0 Å². The van der Waals surface area contributed by atoms with Crippen LogP contribution in [-0.2, 0) is 9.53 Å². The molecule has 0 saturated carbocycles. The molecular weight excluding hydrogens is 300 g/mol. The van der Waals surface area contributed by atoms with E-state index in [2.05, 4.69) is 45.1 Å². The Kier molecular flexibility index (Phi) is 7.18. The predicted molar refractivity (Wildman–Crippen MR) is 99.8 cm³/mol. The SMILES string of the molecule is COC1(C)C=C(C)C(/C=C/C(C)=C/C=C/C(C)=C/C(=O)O)C(C)=C1. The van der Waals surface area contributed by atoms with Crippen LogP contribution in [0.15, 0.2) is 70.9 Å². The Hall–Kier alpha value is -2.13. The van der Waals surface area contributed by atoms with Crippen LogP contribution in [-0.4, -0.2) is 23.8 Å². The van der Waals surface area contributed by atoms with Crippen molar-refractivity contribution in [2.75, 3.05) is 7.11 Å². The molecule has 3 heteroatoms. The number of aliphatic carboxylic acids is 1. The second-order valence-corrected chi connectivity index (χ2v) is 6.50. The maximum absolute atomic E-state index is 10.6. The molecule has 3 nitrogen and oxygen atoms in total. The van der Waals surface area contributed by atoms with E-state index in [4.69, 9.17) is 9.84 Å². The molecule has 1 rings (SSSR count). The average molecular weight is 328 g/mol. The Labute approximate surface area is 145 Å². The predicted octanol–water partition coefficient (Wildman–Crippen LogP) is 5.00. The molecule has 0 spiro atoms. The number of hydrogen-bond acceptors (Lipinski definition) is 2. The second kappa shape index (κ2) is 8.65. The highest BCUT2D eigenvalue weighted by Crippen LogP contribution is 2.33. The van der Waals surface area contributed by atoms with Crippen LogP contribution in [0.5, 0.6) is 0 Å². The van der Waals surface area contributed by atoms with Gasteiger partial charge in [0.2, 0.25) is 0 Å². The number of allylic oxidation sites excluding steroid dienone is 9. The van der Waals surface area contributed by atoms with E-state index in [1.807, 2.05) is 19.1 Å². The Morgan fingerprint density at radius 3 is 2.25 bits per heavy atom. The van der Waals surface area contributed by atoms with Crippen molar-refractivity contribution in [3.8, 4) is 0 Å². The maximum Gasteiger partial charge on any atom is 0.328 e. The zero-order chi connectivity index (χ0) is 18.3. The van der Waals surface area contributed by atoms with Crippen molar-refractivity contribution in [1.82, 2.24) is 0 Å². The highest BCUT2D eigenvalue weighted by Gasteiger charge is 2.26. The number of carboxylic acid groups (broad SMARTS) is 1. The third kappa shape index (κ3) is 6.17. The van der Waals surface area contributed by atoms with Crippen LogP contribution in [0, 0.1) is 5.92 Å². The fourth-order valence-electron chi connectivity index (χ4n) is 2.80. The molecule has 0 heterocycles. The number of hydrogen-bond donors (Lipinski definition) is 1. The van der Waals surface area contributed by atoms with Crippen molar-refractivity contribution in [2.24, 2.45) is 5.92 Å². The van der Waals surface area contributed by atoms with E-state index < -0.39 is 5.97 Å². The Bertz CT molecular complexity index is 635. The third-order valence-corrected chi connectivity index (χ3v) is 4.07. The van der Waals surface area contributed by atoms with Gasteiger partial charge in [-0.25, -0.2) is 4.79 Å². The molecule has 0 unspecified atom stereocenters. The summed E-state index contributed by atoms with van der Waals surface area (Å²) >= 11 is 0. The lowest BCUT2D eigenvalue weighted by atomic mass is 9.81. The second-order valence-electron chi connectivity index (χ2n) is 6.50. The third-order valence-electron chi connectivity index (χ3n) is 4.07. The quantitative estimate of drug-likeness (QED) is 0.424. The van der Waals surface area contributed by atoms with Crippen LogP contribution in [0.3, 0.4) is 0 Å². The average Bonchev–Trinajstić information content (AvgIpc) is 2.45. The van der Waals surface area contributed by atoms with E-state index in [-0.39, 0.29) is 11.5 Å². The first-order chi connectivity index (χ1) is 11.2. The molecule has 0 amide bonds. The zero-order valence-electron chi connectivity index (χ0n) is 15.5. The summed E-state index contributed by atoms with van der Waals surface area (Å²) in [5, 5.41) is 8.67. The summed E-state index contributed by atoms with van der Waals surface area (Å²) in [5.41, 5.74) is 4.05. The monoisotopic (exact) mass is 328 g/mol. The molecule has 130 valence electrons. The molecular formula is C21H28O3. The van der Waals surface area contributed by atoms with E-state index in [9.17, 15) is 4.79 Å². The molecule has 24 heavy (non-hydrogen) atoms. The van der Waals surface area contributed by atoms with Gasteiger partial charge in [-0.3, -0.25) is 0 Å². The normalized spacial score (nSPS) is 26.0. The van der Waals surface area contributed by atoms with Crippen LogP contribution < -0.4 is 0 Å². The molecule has 0 aromatic heterocycles. The van der Waals surface area contributed by atoms with Crippen molar-refractivity contribution < 1.29 is 14.6 Å². The first kappa shape index (κ1) is 19.9. The Morgan fingerprint density at radius 1 is 1.17 bits per heavy atom. The van der Waals surface area contributed by atoms with Gasteiger partial charge in [0.1, 0.15) is 5.60 Å². The largest absolute Gasteiger partial charge is 0.478 e. The number of rotatable bonds is 6. The number of carbonyl (C=O) groups is 1. The van der Waals surface area contributed by atoms with Gasteiger partial charge < -0.3 is 9.84 Å². The van der Waals surface area contributed by atoms with Crippen molar-refractivity contribution in [1.29, 1.82) is 0 Å². The topological polar surface area (TPSA) is 46.5 Å². The van der Waals surface area contributed by atoms with E-state index in [1.165, 1.54) is 17.2 Å². The van der Waals surface area contributed by atoms with Crippen molar-refractivity contribution in [2.45, 2.75) is 40.2 Å². The fourth-order valence-corrected chi connectivity index (χ4v) is 2.80. The molecule has 0 atom stereocenters. The minimum absolute atomic E-state index is 0.286. The summed E-state index contributed by atoms with van der Waals surface area (Å²) in [6.45, 7) is 10.1. The van der Waals surface area contributed by atoms with Gasteiger partial charge in [-0.1, -0.05) is 47.1 Å². The minimum Gasteiger partial charge on any atom is -0.478 e. The summed E-state index contributed by atoms with van der Waals surface area (Å²) in [5.74, 6) is -0.642. The Morgan fingerprint density at radius 2 is 1.75 bits per heavy atom. The highest BCUT2D eigenvalue weighted by atomic mass is 16.5. The molecule has 0 aliphatic heterocycles. The van der Waals surface area contributed by atoms with Crippen LogP contribution in [0.2, 0.25) is 0 Å². The first-order valence-electron chi connectivity index (χ1n) is 8.05. The molecule has 0 bridgehead atoms. The van der Waals surface area contributed by atoms with Gasteiger partial charge in [-0.2, -0.15) is 0 Å². The van der Waals surface area contributed by atoms with Gasteiger partial charge in [-0.15, -0.1) is 0 Å². The van der Waals surface area contributed by atoms with Crippen LogP contribution >= 0.6 is 0 Å². The van der Waals surface area contributed by atoms with Crippen molar-refractivity contribution in [3.63, 3.8) is 0 Å². The maximum atomic E-state index is 10.6. The van der Waals surface area contributed by atoms with E-state index in [0.29, 0.717) is 5.57 Å². The molecule has 0 saturated heterocycles. The first-order valence-corrected chi connectivity index (χ1v) is 8.05. The van der Waals surface area contributed by atoms with Gasteiger partial charge in [0, 0.05) is 19.1 Å². The van der Waals surface area contributed by atoms with E-state index in [0.717, 1.165) is 5.57 Å². The molecule has 0 aromatic rings. The zero-order valence-corrected chi connectivity index (χ0v) is 15.5. The standard InChI is InChI=1S/C21H28O3/c1-15(8-7-9-16(2)12-20(22)23)10-11-19-17(3)13-21(5,24-6)14-18(19)4/h7-14,19H,1-6H3,(H,22,23)/b9-7+,11-10+,15-8+,16-12+. The van der Waals surface area contributed by atoms with Crippen LogP contribution in [0.25, 0.3) is 0 Å². The summed E-state index contributed by atoms with van der Waals surface area (Å²) in [7, 11) is 1.73. The lowest BCUT2D eigenvalue weighted by Crippen LogP contribution is -2.27. The lowest BCUT2D eigenvalue weighted by molar-refractivity contribution is -0.131. The number of methoxy groups -OCH3 is 1. The number of carboxylic acids is 1. The molecule has 1 N–H and O–H groups in total. The van der Waals surface area contributed by atoms with Gasteiger partial charge in [0.25, 0.3) is 0 Å². The van der Waals surface area contributed by atoms with Crippen molar-refractivity contribution >= 4 is 5.97 Å². The van der Waals surface area contributed by atoms with Gasteiger partial charge >= 0.3 is 5.97 Å². The van der Waals surface area contributed by atoms with Crippen LogP contribution in [0.1, 0.15) is 34.6 Å². The van der Waals surface area contributed by atoms with Gasteiger partial charge in [-0.05, 0) is 52.3 Å². The fraction of sp³-hybridized carbons (Fsp3) is 0.381. The molecule has 0 radical (unpaired) electrons. The summed E-state index contributed by atoms with van der Waals surface area (Å²) in [6, 6.07) is 0. The number of ether oxygens (including phenoxy) is 1. The Balaban J connectivity index is 2.81. The molecule has 1 aliphatic carbocycles. The van der Waals surface area contributed by atoms with E-state index >= 15 is 0 Å². The molecule has 0 fully saturated rings. The molecule has 0 aromatic carbocycles. The minimum atomic E-state index is -0.928. The summed E-state index contributed by atoms with van der Waals surface area (Å²) in [6.07, 6.45) is 15.4. The van der Waals surface area contributed by atoms with Crippen LogP contribution in [0.4, 0.5) is 0 Å². The highest BCUT2D eigenvalue weighted by molar-refractivity contribution is 5.81. The summed E-state index contributed by atoms with van der Waals surface area (Å²) in [4.78, 5) is 10.6. The van der Waals surface area contributed by atoms with Crippen molar-refractivity contribution in [3.05, 3.63) is 70.9 Å².